The second-order valence-corrected chi connectivity index (χ2v) is 6.11. The van der Waals surface area contributed by atoms with Gasteiger partial charge in [-0.05, 0) is 18.6 Å². The predicted molar refractivity (Wildman–Crippen MR) is 82.3 cm³/mol. The molecule has 1 aromatic heterocycles. The molecule has 5 nitrogen and oxygen atoms in total. The van der Waals surface area contributed by atoms with Crippen LogP contribution in [0.3, 0.4) is 0 Å². The third-order valence-corrected chi connectivity index (χ3v) is 4.40. The highest BCUT2D eigenvalue weighted by atomic mass is 35.5. The molecule has 0 radical (unpaired) electrons. The molecule has 1 saturated carbocycles. The van der Waals surface area contributed by atoms with Crippen LogP contribution in [0.1, 0.15) is 17.7 Å². The van der Waals surface area contributed by atoms with Gasteiger partial charge in [-0.1, -0.05) is 12.1 Å². The summed E-state index contributed by atoms with van der Waals surface area (Å²) in [5, 5.41) is 0.0718. The van der Waals surface area contributed by atoms with Crippen LogP contribution >= 0.6 is 11.6 Å². The van der Waals surface area contributed by atoms with E-state index in [2.05, 4.69) is 9.97 Å². The Hall–Kier alpha value is -1.85. The number of hydrogen-bond acceptors (Lipinski definition) is 4. The van der Waals surface area contributed by atoms with Crippen LogP contribution in [0.15, 0.2) is 29.1 Å². The summed E-state index contributed by atoms with van der Waals surface area (Å²) in [6.07, 6.45) is 1.62. The van der Waals surface area contributed by atoms with Gasteiger partial charge in [0.15, 0.2) is 0 Å². The van der Waals surface area contributed by atoms with Crippen molar-refractivity contribution in [3.05, 3.63) is 46.0 Å². The van der Waals surface area contributed by atoms with Gasteiger partial charge >= 0.3 is 5.69 Å². The van der Waals surface area contributed by atoms with Crippen molar-refractivity contribution in [3.63, 3.8) is 0 Å². The van der Waals surface area contributed by atoms with Crippen LogP contribution in [0.5, 0.6) is 5.75 Å². The number of H-pyrrole nitrogens is 1. The quantitative estimate of drug-likeness (QED) is 0.882. The van der Waals surface area contributed by atoms with E-state index in [0.717, 1.165) is 35.4 Å². The lowest BCUT2D eigenvalue weighted by atomic mass is 10.0. The molecule has 22 heavy (non-hydrogen) atoms. The minimum absolute atomic E-state index is 0.0453. The molecular weight excluding hydrogens is 304 g/mol. The summed E-state index contributed by atoms with van der Waals surface area (Å²) in [6.45, 7) is 1.04. The highest BCUT2D eigenvalue weighted by molar-refractivity contribution is 6.23. The lowest BCUT2D eigenvalue weighted by Crippen LogP contribution is -2.22. The van der Waals surface area contributed by atoms with Crippen LogP contribution < -0.4 is 10.4 Å². The molecule has 2 aliphatic rings. The number of alkyl halides is 1. The van der Waals surface area contributed by atoms with E-state index in [4.69, 9.17) is 21.1 Å². The summed E-state index contributed by atoms with van der Waals surface area (Å²) in [5.74, 6) is 0.724. The number of aromatic nitrogens is 2. The SMILES string of the molecule is O=c1nc(-c2ccccc2OC2CC2Cl)c2c([nH]1)COCC2. The molecule has 1 fully saturated rings. The Labute approximate surface area is 132 Å². The standard InChI is InChI=1S/C16H15ClN2O3/c17-11-7-14(11)22-13-4-2-1-3-10(13)15-9-5-6-21-8-12(9)18-16(20)19-15/h1-4,11,14H,5-8H2,(H,18,19,20). The van der Waals surface area contributed by atoms with E-state index in [1.54, 1.807) is 0 Å². The first-order valence-corrected chi connectivity index (χ1v) is 7.76. The topological polar surface area (TPSA) is 64.2 Å². The fraction of sp³-hybridized carbons (Fsp3) is 0.375. The van der Waals surface area contributed by atoms with E-state index in [1.807, 2.05) is 24.3 Å². The number of halogens is 1. The van der Waals surface area contributed by atoms with E-state index in [9.17, 15) is 4.79 Å². The van der Waals surface area contributed by atoms with Crippen LogP contribution in [0.4, 0.5) is 0 Å². The Kier molecular flexibility index (Phi) is 3.39. The smallest absolute Gasteiger partial charge is 0.345 e. The van der Waals surface area contributed by atoms with Crippen LogP contribution in [0, 0.1) is 0 Å². The van der Waals surface area contributed by atoms with E-state index in [1.165, 1.54) is 0 Å². The van der Waals surface area contributed by atoms with Crippen LogP contribution in [-0.4, -0.2) is 28.1 Å². The third-order valence-electron chi connectivity index (χ3n) is 3.94. The van der Waals surface area contributed by atoms with Crippen molar-refractivity contribution in [3.8, 4) is 17.0 Å². The lowest BCUT2D eigenvalue weighted by molar-refractivity contribution is 0.107. The number of ether oxygens (including phenoxy) is 2. The zero-order chi connectivity index (χ0) is 15.1. The molecule has 4 rings (SSSR count). The third kappa shape index (κ3) is 2.51. The van der Waals surface area contributed by atoms with E-state index >= 15 is 0 Å². The van der Waals surface area contributed by atoms with Gasteiger partial charge in [-0.15, -0.1) is 11.6 Å². The van der Waals surface area contributed by atoms with Gasteiger partial charge < -0.3 is 14.5 Å². The van der Waals surface area contributed by atoms with Crippen molar-refractivity contribution in [2.24, 2.45) is 0 Å². The summed E-state index contributed by atoms with van der Waals surface area (Å²) < 4.78 is 11.4. The van der Waals surface area contributed by atoms with Crippen molar-refractivity contribution >= 4 is 11.6 Å². The van der Waals surface area contributed by atoms with Gasteiger partial charge in [-0.25, -0.2) is 4.79 Å². The van der Waals surface area contributed by atoms with Crippen LogP contribution in [0.2, 0.25) is 0 Å². The number of fused-ring (bicyclic) bond motifs is 1. The molecule has 1 aliphatic carbocycles. The number of para-hydroxylation sites is 1. The van der Waals surface area contributed by atoms with E-state index < -0.39 is 0 Å². The fourth-order valence-corrected chi connectivity index (χ4v) is 2.93. The first kappa shape index (κ1) is 13.8. The molecule has 6 heteroatoms. The molecule has 0 saturated heterocycles. The molecule has 2 heterocycles. The van der Waals surface area contributed by atoms with E-state index in [0.29, 0.717) is 18.9 Å². The van der Waals surface area contributed by atoms with Crippen LogP contribution in [-0.2, 0) is 17.8 Å². The van der Waals surface area contributed by atoms with Crippen molar-refractivity contribution < 1.29 is 9.47 Å². The van der Waals surface area contributed by atoms with E-state index in [-0.39, 0.29) is 17.2 Å². The molecule has 114 valence electrons. The number of benzene rings is 1. The normalized spacial score (nSPS) is 23.0. The number of nitrogens with one attached hydrogen (secondary N) is 1. The highest BCUT2D eigenvalue weighted by Gasteiger charge is 2.38. The number of aromatic amines is 1. The average Bonchev–Trinajstić information content (AvgIpc) is 3.22. The largest absolute Gasteiger partial charge is 0.488 e. The zero-order valence-electron chi connectivity index (χ0n) is 11.8. The maximum Gasteiger partial charge on any atom is 0.345 e. The Morgan fingerprint density at radius 3 is 3.00 bits per heavy atom. The van der Waals surface area contributed by atoms with Crippen molar-refractivity contribution in [2.45, 2.75) is 30.9 Å². The summed E-state index contributed by atoms with van der Waals surface area (Å²) in [5.41, 5.74) is 2.99. The molecule has 1 aliphatic heterocycles. The fourth-order valence-electron chi connectivity index (χ4n) is 2.70. The molecule has 1 aromatic carbocycles. The number of nitrogens with zero attached hydrogens (tertiary/aromatic N) is 1. The molecule has 0 amide bonds. The van der Waals surface area contributed by atoms with Gasteiger partial charge in [-0.3, -0.25) is 0 Å². The van der Waals surface area contributed by atoms with Crippen molar-refractivity contribution in [1.82, 2.24) is 9.97 Å². The predicted octanol–water partition coefficient (Wildman–Crippen LogP) is 2.27. The van der Waals surface area contributed by atoms with Gasteiger partial charge in [0.05, 0.1) is 30.0 Å². The second-order valence-electron chi connectivity index (χ2n) is 5.55. The first-order chi connectivity index (χ1) is 10.7. The van der Waals surface area contributed by atoms with Gasteiger partial charge in [0.1, 0.15) is 11.9 Å². The van der Waals surface area contributed by atoms with Gasteiger partial charge in [0.2, 0.25) is 0 Å². The second kappa shape index (κ2) is 5.41. The van der Waals surface area contributed by atoms with Gasteiger partial charge in [0, 0.05) is 17.5 Å². The van der Waals surface area contributed by atoms with Crippen molar-refractivity contribution in [1.29, 1.82) is 0 Å². The Bertz CT molecular complexity index is 774. The molecule has 1 N–H and O–H groups in total. The highest BCUT2D eigenvalue weighted by Crippen LogP contribution is 2.38. The summed E-state index contributed by atoms with van der Waals surface area (Å²) in [7, 11) is 0. The molecule has 0 spiro atoms. The Morgan fingerprint density at radius 1 is 1.36 bits per heavy atom. The van der Waals surface area contributed by atoms with Crippen LogP contribution in [0.25, 0.3) is 11.3 Å². The Balaban J connectivity index is 1.82. The summed E-state index contributed by atoms with van der Waals surface area (Å²) >= 11 is 6.03. The molecule has 2 atom stereocenters. The summed E-state index contributed by atoms with van der Waals surface area (Å²) in [6, 6.07) is 7.65. The molecule has 0 bridgehead atoms. The lowest BCUT2D eigenvalue weighted by Gasteiger charge is -2.19. The van der Waals surface area contributed by atoms with Crippen molar-refractivity contribution in [2.75, 3.05) is 6.61 Å². The molecule has 2 unspecified atom stereocenters. The number of rotatable bonds is 3. The average molecular weight is 319 g/mol. The minimum Gasteiger partial charge on any atom is -0.488 e. The summed E-state index contributed by atoms with van der Waals surface area (Å²) in [4.78, 5) is 18.8. The maximum absolute atomic E-state index is 11.8. The maximum atomic E-state index is 11.8. The molecular formula is C16H15ClN2O3. The monoisotopic (exact) mass is 318 g/mol. The number of hydrogen-bond donors (Lipinski definition) is 1. The molecule has 2 aromatic rings. The Morgan fingerprint density at radius 2 is 2.18 bits per heavy atom. The zero-order valence-corrected chi connectivity index (χ0v) is 12.6. The minimum atomic E-state index is -0.365. The van der Waals surface area contributed by atoms with Gasteiger partial charge in [-0.2, -0.15) is 4.98 Å². The van der Waals surface area contributed by atoms with Gasteiger partial charge in [0.25, 0.3) is 0 Å². The first-order valence-electron chi connectivity index (χ1n) is 7.32.